The molecule has 2 unspecified atom stereocenters. The summed E-state index contributed by atoms with van der Waals surface area (Å²) in [7, 11) is 1.47. The van der Waals surface area contributed by atoms with Gasteiger partial charge in [0.2, 0.25) is 17.7 Å². The molecule has 0 aliphatic carbocycles. The van der Waals surface area contributed by atoms with Gasteiger partial charge in [-0.1, -0.05) is 30.3 Å². The van der Waals surface area contributed by atoms with Gasteiger partial charge in [0.05, 0.1) is 6.54 Å². The van der Waals surface area contributed by atoms with Crippen molar-refractivity contribution in [2.45, 2.75) is 42.1 Å². The van der Waals surface area contributed by atoms with Crippen molar-refractivity contribution in [3.8, 4) is 0 Å². The lowest BCUT2D eigenvalue weighted by molar-refractivity contribution is -0.161. The van der Waals surface area contributed by atoms with Crippen molar-refractivity contribution in [2.75, 3.05) is 13.6 Å². The van der Waals surface area contributed by atoms with Gasteiger partial charge in [0.1, 0.15) is 23.5 Å². The number of amides is 3. The monoisotopic (exact) mass is 462 g/mol. The van der Waals surface area contributed by atoms with Crippen LogP contribution in [0.25, 0.3) is 0 Å². The number of nitrogens with one attached hydrogen (secondary N) is 3. The number of guanidine groups is 1. The summed E-state index contributed by atoms with van der Waals surface area (Å²) in [5.41, 5.74) is 5.87. The molecule has 3 rings (SSSR count). The van der Waals surface area contributed by atoms with E-state index in [0.29, 0.717) is 5.56 Å². The van der Waals surface area contributed by atoms with Crippen molar-refractivity contribution in [3.63, 3.8) is 0 Å². The van der Waals surface area contributed by atoms with Gasteiger partial charge in [0, 0.05) is 11.8 Å². The molecule has 0 spiro atoms. The third-order valence-electron chi connectivity index (χ3n) is 5.47. The average Bonchev–Trinajstić information content (AvgIpc) is 2.98. The Kier molecular flexibility index (Phi) is 6.35. The van der Waals surface area contributed by atoms with Crippen molar-refractivity contribution in [2.24, 2.45) is 5.73 Å². The second-order valence-electron chi connectivity index (χ2n) is 8.24. The molecule has 4 atom stereocenters. The summed E-state index contributed by atoms with van der Waals surface area (Å²) >= 11 is 1.32. The molecule has 32 heavy (non-hydrogen) atoms. The second kappa shape index (κ2) is 8.69. The highest BCUT2D eigenvalue weighted by Gasteiger charge is 2.64. The summed E-state index contributed by atoms with van der Waals surface area (Å²) in [5, 5.41) is 21.7. The fourth-order valence-electron chi connectivity index (χ4n) is 3.83. The number of thioether (sulfide) groups is 1. The van der Waals surface area contributed by atoms with Gasteiger partial charge in [-0.2, -0.15) is 0 Å². The number of β-lactam (4-membered cyclic amide) rings is 1. The average molecular weight is 463 g/mol. The van der Waals surface area contributed by atoms with Gasteiger partial charge >= 0.3 is 5.97 Å². The van der Waals surface area contributed by atoms with Gasteiger partial charge in [-0.05, 0) is 19.4 Å². The van der Waals surface area contributed by atoms with Gasteiger partial charge in [-0.15, -0.1) is 11.8 Å². The topological polar surface area (TPSA) is 169 Å². The van der Waals surface area contributed by atoms with Crippen LogP contribution in [0.3, 0.4) is 0 Å². The SMILES string of the molecule is CN(CC(=O)NC(C(=O)NC1C(=O)N2[C@@H]1SC(C)(C)[C@@H]2C(=O)O)c1ccccc1)C(=N)N. The molecule has 0 bridgehead atoms. The molecule has 2 heterocycles. The van der Waals surface area contributed by atoms with Crippen LogP contribution in [0.15, 0.2) is 30.3 Å². The number of carboxylic acids is 1. The Morgan fingerprint density at radius 2 is 1.94 bits per heavy atom. The summed E-state index contributed by atoms with van der Waals surface area (Å²) in [6.07, 6.45) is 0. The molecule has 3 amide bonds. The number of carbonyl (C=O) groups is 4. The summed E-state index contributed by atoms with van der Waals surface area (Å²) in [6.45, 7) is 3.27. The number of carboxylic acid groups (broad SMARTS) is 1. The van der Waals surface area contributed by atoms with Gasteiger partial charge < -0.3 is 31.3 Å². The molecule has 2 saturated heterocycles. The third-order valence-corrected chi connectivity index (χ3v) is 7.04. The lowest BCUT2D eigenvalue weighted by Gasteiger charge is -2.44. The maximum Gasteiger partial charge on any atom is 0.327 e. The fraction of sp³-hybridized carbons (Fsp3) is 0.450. The number of likely N-dealkylation sites (N-methyl/N-ethyl adjacent to an activating group) is 1. The maximum atomic E-state index is 13.1. The first-order chi connectivity index (χ1) is 14.9. The lowest BCUT2D eigenvalue weighted by Crippen LogP contribution is -2.71. The zero-order valence-corrected chi connectivity index (χ0v) is 18.7. The smallest absolute Gasteiger partial charge is 0.327 e. The number of hydrogen-bond donors (Lipinski definition) is 5. The highest BCUT2D eigenvalue weighted by molar-refractivity contribution is 8.01. The normalized spacial score (nSPS) is 24.0. The molecule has 11 nitrogen and oxygen atoms in total. The Morgan fingerprint density at radius 1 is 1.31 bits per heavy atom. The number of nitrogens with zero attached hydrogens (tertiary/aromatic N) is 2. The Balaban J connectivity index is 1.75. The van der Waals surface area contributed by atoms with Gasteiger partial charge in [0.25, 0.3) is 0 Å². The zero-order chi connectivity index (χ0) is 23.8. The van der Waals surface area contributed by atoms with E-state index < -0.39 is 51.9 Å². The zero-order valence-electron chi connectivity index (χ0n) is 17.9. The van der Waals surface area contributed by atoms with Crippen LogP contribution in [0.1, 0.15) is 25.5 Å². The molecule has 0 saturated carbocycles. The standard InChI is InChI=1S/C20H26N6O5S/c1-20(2)14(18(30)31)26-16(29)13(17(26)32-20)24-15(28)12(10-7-5-4-6-8-10)23-11(27)9-25(3)19(21)22/h4-8,12-14,17H,9H2,1-3H3,(H3,21,22)(H,23,27)(H,24,28)(H,30,31)/t12?,13?,14-,17+/m0/s1. The van der Waals surface area contributed by atoms with E-state index in [2.05, 4.69) is 10.6 Å². The van der Waals surface area contributed by atoms with Crippen LogP contribution < -0.4 is 16.4 Å². The molecule has 1 aromatic rings. The number of aliphatic carboxylic acids is 1. The van der Waals surface area contributed by atoms with E-state index in [4.69, 9.17) is 11.1 Å². The van der Waals surface area contributed by atoms with E-state index in [0.717, 1.165) is 0 Å². The summed E-state index contributed by atoms with van der Waals surface area (Å²) < 4.78 is -0.712. The first-order valence-electron chi connectivity index (χ1n) is 9.86. The molecule has 1 aromatic carbocycles. The predicted octanol–water partition coefficient (Wildman–Crippen LogP) is -0.699. The van der Waals surface area contributed by atoms with E-state index in [-0.39, 0.29) is 12.5 Å². The van der Waals surface area contributed by atoms with E-state index in [9.17, 15) is 24.3 Å². The van der Waals surface area contributed by atoms with Crippen molar-refractivity contribution in [3.05, 3.63) is 35.9 Å². The minimum Gasteiger partial charge on any atom is -0.480 e. The number of rotatable bonds is 7. The van der Waals surface area contributed by atoms with Crippen LogP contribution in [0, 0.1) is 5.41 Å². The quantitative estimate of drug-likeness (QED) is 0.201. The highest BCUT2D eigenvalue weighted by Crippen LogP contribution is 2.50. The van der Waals surface area contributed by atoms with E-state index in [1.807, 2.05) is 0 Å². The minimum absolute atomic E-state index is 0.227. The van der Waals surface area contributed by atoms with E-state index in [1.54, 1.807) is 44.2 Å². The van der Waals surface area contributed by atoms with Crippen LogP contribution in [-0.4, -0.2) is 80.4 Å². The second-order valence-corrected chi connectivity index (χ2v) is 10.0. The number of hydrogen-bond acceptors (Lipinski definition) is 6. The molecule has 172 valence electrons. The molecule has 2 fully saturated rings. The Hall–Kier alpha value is -3.28. The maximum absolute atomic E-state index is 13.1. The first kappa shape index (κ1) is 23.4. The molecule has 2 aliphatic rings. The molecule has 0 aromatic heterocycles. The minimum atomic E-state index is -1.09. The number of carbonyl (C=O) groups excluding carboxylic acids is 3. The Labute approximate surface area is 189 Å². The summed E-state index contributed by atoms with van der Waals surface area (Å²) in [5.74, 6) is -2.98. The number of nitrogens with two attached hydrogens (primary N) is 1. The summed E-state index contributed by atoms with van der Waals surface area (Å²) in [6, 6.07) is 5.58. The van der Waals surface area contributed by atoms with Crippen LogP contribution in [0.4, 0.5) is 0 Å². The van der Waals surface area contributed by atoms with E-state index in [1.165, 1.54) is 28.6 Å². The lowest BCUT2D eigenvalue weighted by atomic mass is 9.95. The van der Waals surface area contributed by atoms with Gasteiger partial charge in [-0.3, -0.25) is 19.8 Å². The number of benzene rings is 1. The third kappa shape index (κ3) is 4.35. The van der Waals surface area contributed by atoms with Gasteiger partial charge in [0.15, 0.2) is 5.96 Å². The Bertz CT molecular complexity index is 955. The Morgan fingerprint density at radius 3 is 2.50 bits per heavy atom. The number of fused-ring (bicyclic) bond motifs is 1. The molecule has 6 N–H and O–H groups in total. The van der Waals surface area contributed by atoms with Crippen LogP contribution in [0.5, 0.6) is 0 Å². The molecule has 2 aliphatic heterocycles. The first-order valence-corrected chi connectivity index (χ1v) is 10.7. The summed E-state index contributed by atoms with van der Waals surface area (Å²) in [4.78, 5) is 52.4. The highest BCUT2D eigenvalue weighted by atomic mass is 32.2. The van der Waals surface area contributed by atoms with Crippen LogP contribution >= 0.6 is 11.8 Å². The van der Waals surface area contributed by atoms with E-state index >= 15 is 0 Å². The molecular formula is C20H26N6O5S. The van der Waals surface area contributed by atoms with Crippen molar-refractivity contribution in [1.29, 1.82) is 5.41 Å². The molecule has 12 heteroatoms. The van der Waals surface area contributed by atoms with Crippen molar-refractivity contribution < 1.29 is 24.3 Å². The largest absolute Gasteiger partial charge is 0.480 e. The molecular weight excluding hydrogens is 436 g/mol. The van der Waals surface area contributed by atoms with Crippen molar-refractivity contribution in [1.82, 2.24) is 20.4 Å². The molecule has 0 radical (unpaired) electrons. The van der Waals surface area contributed by atoms with Crippen LogP contribution in [0.2, 0.25) is 0 Å². The van der Waals surface area contributed by atoms with Crippen LogP contribution in [-0.2, 0) is 19.2 Å². The fourth-order valence-corrected chi connectivity index (χ4v) is 5.46. The van der Waals surface area contributed by atoms with Gasteiger partial charge in [-0.25, -0.2) is 4.79 Å². The van der Waals surface area contributed by atoms with Crippen molar-refractivity contribution >= 4 is 41.4 Å². The predicted molar refractivity (Wildman–Crippen MR) is 118 cm³/mol.